The number of H-pyrrole nitrogens is 1. The Bertz CT molecular complexity index is 902. The van der Waals surface area contributed by atoms with Crippen molar-refractivity contribution in [3.05, 3.63) is 36.0 Å². The van der Waals surface area contributed by atoms with Gasteiger partial charge < -0.3 is 29.6 Å². The first-order valence-electron chi connectivity index (χ1n) is 12.9. The van der Waals surface area contributed by atoms with Gasteiger partial charge in [0, 0.05) is 63.4 Å². The van der Waals surface area contributed by atoms with E-state index in [-0.39, 0.29) is 19.1 Å². The lowest BCUT2D eigenvalue weighted by Gasteiger charge is -2.33. The molecule has 8 heteroatoms. The maximum absolute atomic E-state index is 12.5. The van der Waals surface area contributed by atoms with Crippen molar-refractivity contribution in [2.45, 2.75) is 64.9 Å². The number of fused-ring (bicyclic) bond motifs is 1. The predicted octanol–water partition coefficient (Wildman–Crippen LogP) is 2.78. The fourth-order valence-electron chi connectivity index (χ4n) is 4.46. The summed E-state index contributed by atoms with van der Waals surface area (Å²) >= 11 is 0. The first-order chi connectivity index (χ1) is 16.8. The number of aliphatic hydroxyl groups is 2. The van der Waals surface area contributed by atoms with Crippen LogP contribution in [0.1, 0.15) is 45.6 Å². The molecule has 1 fully saturated rings. The van der Waals surface area contributed by atoms with E-state index in [1.54, 1.807) is 11.8 Å². The molecule has 0 spiro atoms. The van der Waals surface area contributed by atoms with Gasteiger partial charge in [-0.2, -0.15) is 0 Å². The Morgan fingerprint density at radius 2 is 2.03 bits per heavy atom. The van der Waals surface area contributed by atoms with Crippen molar-refractivity contribution in [2.75, 3.05) is 46.0 Å². The van der Waals surface area contributed by atoms with Crippen LogP contribution in [0.4, 0.5) is 0 Å². The molecule has 3 atom stereocenters. The molecular weight excluding hydrogens is 446 g/mol. The fourth-order valence-corrected chi connectivity index (χ4v) is 4.46. The molecule has 1 amide bonds. The molecule has 1 saturated heterocycles. The highest BCUT2D eigenvalue weighted by atomic mass is 16.5. The second kappa shape index (κ2) is 13.9. The number of nitrogens with one attached hydrogen (secondary N) is 1. The standard InChI is InChI=1S/C27H43N3O5/c1-20(2)10-16-35-26-18-30(21(3)31)14-13-29(12-4-5-15-34-19-25(32)27(26)33)17-22-7-6-8-24-23(22)9-11-28-24/h6-9,11,20,25-28,32-33H,4-5,10,12-19H2,1-3H3/t25-,26-,27-/m1/s1. The number of carbonyl (C=O) groups excluding carboxylic acids is 1. The van der Waals surface area contributed by atoms with E-state index >= 15 is 0 Å². The number of carbonyl (C=O) groups is 1. The molecule has 8 nitrogen and oxygen atoms in total. The third kappa shape index (κ3) is 8.58. The first kappa shape index (κ1) is 27.6. The summed E-state index contributed by atoms with van der Waals surface area (Å²) in [7, 11) is 0. The minimum atomic E-state index is -1.13. The molecule has 0 saturated carbocycles. The van der Waals surface area contributed by atoms with Gasteiger partial charge >= 0.3 is 0 Å². The first-order valence-corrected chi connectivity index (χ1v) is 12.9. The predicted molar refractivity (Wildman–Crippen MR) is 137 cm³/mol. The number of aliphatic hydroxyl groups excluding tert-OH is 2. The van der Waals surface area contributed by atoms with Gasteiger partial charge in [-0.05, 0) is 49.4 Å². The zero-order valence-corrected chi connectivity index (χ0v) is 21.5. The van der Waals surface area contributed by atoms with Crippen molar-refractivity contribution >= 4 is 16.8 Å². The average Bonchev–Trinajstić information content (AvgIpc) is 3.30. The van der Waals surface area contributed by atoms with E-state index in [2.05, 4.69) is 48.0 Å². The van der Waals surface area contributed by atoms with E-state index < -0.39 is 18.3 Å². The molecular formula is C27H43N3O5. The molecule has 0 unspecified atom stereocenters. The number of hydrogen-bond acceptors (Lipinski definition) is 6. The van der Waals surface area contributed by atoms with Gasteiger partial charge in [0.2, 0.25) is 5.91 Å². The average molecular weight is 490 g/mol. The third-order valence-electron chi connectivity index (χ3n) is 6.71. The van der Waals surface area contributed by atoms with Crippen LogP contribution in [0.3, 0.4) is 0 Å². The molecule has 0 radical (unpaired) electrons. The second-order valence-electron chi connectivity index (χ2n) is 10.0. The summed E-state index contributed by atoms with van der Waals surface area (Å²) in [6.45, 7) is 9.95. The van der Waals surface area contributed by atoms with E-state index in [0.717, 1.165) is 37.9 Å². The number of hydrogen-bond donors (Lipinski definition) is 3. The Hall–Kier alpha value is -1.97. The zero-order valence-electron chi connectivity index (χ0n) is 21.5. The number of aromatic amines is 1. The molecule has 1 aromatic heterocycles. The van der Waals surface area contributed by atoms with Gasteiger partial charge in [-0.15, -0.1) is 0 Å². The summed E-state index contributed by atoms with van der Waals surface area (Å²) in [6, 6.07) is 8.41. The van der Waals surface area contributed by atoms with Crippen LogP contribution in [0.25, 0.3) is 10.9 Å². The number of nitrogens with zero attached hydrogens (tertiary/aromatic N) is 2. The monoisotopic (exact) mass is 489 g/mol. The van der Waals surface area contributed by atoms with Gasteiger partial charge in [0.1, 0.15) is 18.3 Å². The van der Waals surface area contributed by atoms with Gasteiger partial charge in [-0.3, -0.25) is 9.69 Å². The van der Waals surface area contributed by atoms with Crippen LogP contribution in [-0.2, 0) is 20.8 Å². The quantitative estimate of drug-likeness (QED) is 0.577. The Morgan fingerprint density at radius 3 is 2.80 bits per heavy atom. The summed E-state index contributed by atoms with van der Waals surface area (Å²) in [5, 5.41) is 22.5. The van der Waals surface area contributed by atoms with Gasteiger partial charge in [0.25, 0.3) is 0 Å². The Labute approximate surface area is 209 Å². The molecule has 35 heavy (non-hydrogen) atoms. The highest BCUT2D eigenvalue weighted by Crippen LogP contribution is 2.20. The molecule has 196 valence electrons. The molecule has 2 heterocycles. The molecule has 1 aromatic carbocycles. The highest BCUT2D eigenvalue weighted by molar-refractivity contribution is 5.82. The van der Waals surface area contributed by atoms with Crippen LogP contribution in [0, 0.1) is 5.92 Å². The molecule has 3 rings (SSSR count). The number of aromatic nitrogens is 1. The van der Waals surface area contributed by atoms with Crippen molar-refractivity contribution in [1.82, 2.24) is 14.8 Å². The van der Waals surface area contributed by atoms with Crippen molar-refractivity contribution in [3.63, 3.8) is 0 Å². The van der Waals surface area contributed by atoms with Crippen LogP contribution < -0.4 is 0 Å². The van der Waals surface area contributed by atoms with E-state index in [4.69, 9.17) is 9.47 Å². The highest BCUT2D eigenvalue weighted by Gasteiger charge is 2.30. The van der Waals surface area contributed by atoms with Crippen LogP contribution >= 0.6 is 0 Å². The van der Waals surface area contributed by atoms with Crippen LogP contribution in [0.5, 0.6) is 0 Å². The molecule has 3 N–H and O–H groups in total. The molecule has 0 aliphatic carbocycles. The minimum Gasteiger partial charge on any atom is -0.388 e. The largest absolute Gasteiger partial charge is 0.388 e. The number of amides is 1. The summed E-state index contributed by atoms with van der Waals surface area (Å²) in [5.41, 5.74) is 2.38. The van der Waals surface area contributed by atoms with Crippen molar-refractivity contribution in [2.24, 2.45) is 5.92 Å². The fraction of sp³-hybridized carbons (Fsp3) is 0.667. The third-order valence-corrected chi connectivity index (χ3v) is 6.71. The second-order valence-corrected chi connectivity index (χ2v) is 10.0. The topological polar surface area (TPSA) is 98.3 Å². The lowest BCUT2D eigenvalue weighted by molar-refractivity contribution is -0.140. The Kier molecular flexibility index (Phi) is 11.0. The maximum Gasteiger partial charge on any atom is 0.219 e. The van der Waals surface area contributed by atoms with E-state index in [0.29, 0.717) is 32.2 Å². The number of benzene rings is 1. The van der Waals surface area contributed by atoms with Gasteiger partial charge in [0.05, 0.1) is 6.61 Å². The maximum atomic E-state index is 12.5. The Morgan fingerprint density at radius 1 is 1.20 bits per heavy atom. The minimum absolute atomic E-state index is 0.0461. The van der Waals surface area contributed by atoms with E-state index in [9.17, 15) is 15.0 Å². The molecule has 2 aromatic rings. The summed E-state index contributed by atoms with van der Waals surface area (Å²) in [6.07, 6.45) is 1.74. The number of ether oxygens (including phenoxy) is 2. The molecule has 0 bridgehead atoms. The van der Waals surface area contributed by atoms with Crippen LogP contribution in [0.2, 0.25) is 0 Å². The lowest BCUT2D eigenvalue weighted by atomic mass is 10.1. The molecule has 1 aliphatic heterocycles. The summed E-state index contributed by atoms with van der Waals surface area (Å²) in [4.78, 5) is 19.9. The SMILES string of the molecule is CC(=O)N1CCN(Cc2cccc3[nH]ccc23)CCCCOC[C@@H](O)[C@@H](O)[C@H](OCCC(C)C)C1. The van der Waals surface area contributed by atoms with Gasteiger partial charge in [-0.1, -0.05) is 26.0 Å². The zero-order chi connectivity index (χ0) is 25.2. The number of rotatable bonds is 6. The summed E-state index contributed by atoms with van der Waals surface area (Å²) in [5.74, 6) is 0.390. The van der Waals surface area contributed by atoms with Crippen molar-refractivity contribution in [3.8, 4) is 0 Å². The normalized spacial score (nSPS) is 24.1. The molecule has 1 aliphatic rings. The van der Waals surface area contributed by atoms with Crippen molar-refractivity contribution < 1.29 is 24.5 Å². The van der Waals surface area contributed by atoms with Gasteiger partial charge in [-0.25, -0.2) is 0 Å². The lowest BCUT2D eigenvalue weighted by Crippen LogP contribution is -2.50. The Balaban J connectivity index is 1.74. The van der Waals surface area contributed by atoms with E-state index in [1.165, 1.54) is 10.9 Å². The van der Waals surface area contributed by atoms with Crippen LogP contribution in [-0.4, -0.2) is 95.2 Å². The van der Waals surface area contributed by atoms with Crippen molar-refractivity contribution in [1.29, 1.82) is 0 Å². The smallest absolute Gasteiger partial charge is 0.219 e. The van der Waals surface area contributed by atoms with E-state index in [1.807, 2.05) is 6.20 Å². The van der Waals surface area contributed by atoms with Crippen LogP contribution in [0.15, 0.2) is 30.5 Å². The van der Waals surface area contributed by atoms with Gasteiger partial charge in [0.15, 0.2) is 0 Å². The summed E-state index contributed by atoms with van der Waals surface area (Å²) < 4.78 is 11.7.